The van der Waals surface area contributed by atoms with Crippen LogP contribution >= 0.6 is 15.9 Å². The Kier molecular flexibility index (Phi) is 6.04. The first-order chi connectivity index (χ1) is 11.1. The molecule has 122 valence electrons. The highest BCUT2D eigenvalue weighted by molar-refractivity contribution is 9.10. The van der Waals surface area contributed by atoms with Gasteiger partial charge in [-0.05, 0) is 30.2 Å². The van der Waals surface area contributed by atoms with Gasteiger partial charge in [-0.1, -0.05) is 34.1 Å². The molecular weight excluding hydrogens is 358 g/mol. The van der Waals surface area contributed by atoms with Gasteiger partial charge in [0.1, 0.15) is 0 Å². The van der Waals surface area contributed by atoms with Gasteiger partial charge in [0.25, 0.3) is 0 Å². The van der Waals surface area contributed by atoms with Gasteiger partial charge in [0.15, 0.2) is 11.5 Å². The fourth-order valence-electron chi connectivity index (χ4n) is 2.29. The minimum absolute atomic E-state index is 0.0490. The minimum atomic E-state index is 0.0490. The lowest BCUT2D eigenvalue weighted by Gasteiger charge is -2.19. The number of rotatable bonds is 6. The van der Waals surface area contributed by atoms with Gasteiger partial charge in [0, 0.05) is 29.7 Å². The summed E-state index contributed by atoms with van der Waals surface area (Å²) < 4.78 is 11.5. The Bertz CT molecular complexity index is 688. The van der Waals surface area contributed by atoms with Crippen molar-refractivity contribution >= 4 is 27.5 Å². The molecule has 1 amide bonds. The lowest BCUT2D eigenvalue weighted by atomic mass is 10.1. The van der Waals surface area contributed by atoms with Gasteiger partial charge < -0.3 is 14.4 Å². The number of nitrogens with zero attached hydrogens (tertiary/aromatic N) is 1. The zero-order valence-electron chi connectivity index (χ0n) is 13.5. The molecule has 0 saturated heterocycles. The average Bonchev–Trinajstić information content (AvgIpc) is 2.59. The molecule has 0 aliphatic carbocycles. The standard InChI is InChI=1S/C18H20BrNO3/c1-20(14-9-10-16(22-2)17(12-14)23-3)18(21)11-8-13-6-4-5-7-15(13)19/h4-7,9-10,12H,8,11H2,1-3H3. The summed E-state index contributed by atoms with van der Waals surface area (Å²) in [6.07, 6.45) is 1.13. The Labute approximate surface area is 145 Å². The molecule has 0 radical (unpaired) electrons. The maximum absolute atomic E-state index is 12.4. The molecule has 0 spiro atoms. The summed E-state index contributed by atoms with van der Waals surface area (Å²) in [5.74, 6) is 1.30. The van der Waals surface area contributed by atoms with Crippen molar-refractivity contribution in [2.45, 2.75) is 12.8 Å². The van der Waals surface area contributed by atoms with Crippen molar-refractivity contribution in [1.82, 2.24) is 0 Å². The summed E-state index contributed by atoms with van der Waals surface area (Å²) in [5, 5.41) is 0. The molecule has 0 unspecified atom stereocenters. The summed E-state index contributed by atoms with van der Waals surface area (Å²) >= 11 is 3.51. The molecule has 2 aromatic rings. The van der Waals surface area contributed by atoms with Crippen LogP contribution in [0.25, 0.3) is 0 Å². The third-order valence-corrected chi connectivity index (χ3v) is 4.47. The van der Waals surface area contributed by atoms with Crippen LogP contribution in [0.1, 0.15) is 12.0 Å². The Morgan fingerprint density at radius 3 is 2.43 bits per heavy atom. The molecule has 2 aromatic carbocycles. The first-order valence-electron chi connectivity index (χ1n) is 7.28. The van der Waals surface area contributed by atoms with Crippen LogP contribution in [0.2, 0.25) is 0 Å². The molecule has 23 heavy (non-hydrogen) atoms. The van der Waals surface area contributed by atoms with Crippen molar-refractivity contribution in [2.75, 3.05) is 26.2 Å². The highest BCUT2D eigenvalue weighted by atomic mass is 79.9. The number of anilines is 1. The van der Waals surface area contributed by atoms with Crippen molar-refractivity contribution in [1.29, 1.82) is 0 Å². The van der Waals surface area contributed by atoms with Gasteiger partial charge in [0.05, 0.1) is 14.2 Å². The van der Waals surface area contributed by atoms with Crippen LogP contribution in [-0.2, 0) is 11.2 Å². The molecule has 0 aliphatic rings. The second kappa shape index (κ2) is 8.02. The van der Waals surface area contributed by atoms with Crippen LogP contribution < -0.4 is 14.4 Å². The van der Waals surface area contributed by atoms with Crippen LogP contribution in [0.4, 0.5) is 5.69 Å². The second-order valence-corrected chi connectivity index (χ2v) is 5.94. The number of ether oxygens (including phenoxy) is 2. The lowest BCUT2D eigenvalue weighted by Crippen LogP contribution is -2.26. The van der Waals surface area contributed by atoms with Gasteiger partial charge in [-0.2, -0.15) is 0 Å². The Morgan fingerprint density at radius 1 is 1.09 bits per heavy atom. The molecule has 0 fully saturated rings. The van der Waals surface area contributed by atoms with E-state index in [2.05, 4.69) is 15.9 Å². The topological polar surface area (TPSA) is 38.8 Å². The zero-order valence-corrected chi connectivity index (χ0v) is 15.1. The number of carbonyl (C=O) groups excluding carboxylic acids is 1. The van der Waals surface area contributed by atoms with E-state index < -0.39 is 0 Å². The molecule has 0 bridgehead atoms. The third kappa shape index (κ3) is 4.26. The van der Waals surface area contributed by atoms with E-state index in [4.69, 9.17) is 9.47 Å². The normalized spacial score (nSPS) is 10.3. The summed E-state index contributed by atoms with van der Waals surface area (Å²) in [4.78, 5) is 14.1. The van der Waals surface area contributed by atoms with Crippen LogP contribution in [0.5, 0.6) is 11.5 Å². The quantitative estimate of drug-likeness (QED) is 0.761. The molecular formula is C18H20BrNO3. The highest BCUT2D eigenvalue weighted by Crippen LogP contribution is 2.31. The monoisotopic (exact) mass is 377 g/mol. The fraction of sp³-hybridized carbons (Fsp3) is 0.278. The summed E-state index contributed by atoms with van der Waals surface area (Å²) in [7, 11) is 4.93. The van der Waals surface area contributed by atoms with Crippen molar-refractivity contribution < 1.29 is 14.3 Å². The maximum atomic E-state index is 12.4. The fourth-order valence-corrected chi connectivity index (χ4v) is 2.77. The molecule has 5 heteroatoms. The van der Waals surface area contributed by atoms with Crippen LogP contribution in [0.15, 0.2) is 46.9 Å². The first kappa shape index (κ1) is 17.3. The minimum Gasteiger partial charge on any atom is -0.493 e. The van der Waals surface area contributed by atoms with Gasteiger partial charge in [-0.15, -0.1) is 0 Å². The number of hydrogen-bond acceptors (Lipinski definition) is 3. The summed E-state index contributed by atoms with van der Waals surface area (Å²) in [6, 6.07) is 13.4. The van der Waals surface area contributed by atoms with Crippen molar-refractivity contribution in [3.8, 4) is 11.5 Å². The lowest BCUT2D eigenvalue weighted by molar-refractivity contribution is -0.118. The molecule has 0 atom stereocenters. The first-order valence-corrected chi connectivity index (χ1v) is 8.08. The van der Waals surface area contributed by atoms with E-state index in [0.29, 0.717) is 24.3 Å². The molecule has 2 rings (SSSR count). The molecule has 0 N–H and O–H groups in total. The van der Waals surface area contributed by atoms with Crippen LogP contribution in [0.3, 0.4) is 0 Å². The molecule has 4 nitrogen and oxygen atoms in total. The SMILES string of the molecule is COc1ccc(N(C)C(=O)CCc2ccccc2Br)cc1OC. The predicted octanol–water partition coefficient (Wildman–Crippen LogP) is 4.06. The number of benzene rings is 2. The number of halogens is 1. The zero-order chi connectivity index (χ0) is 16.8. The van der Waals surface area contributed by atoms with Crippen LogP contribution in [-0.4, -0.2) is 27.2 Å². The van der Waals surface area contributed by atoms with E-state index in [0.717, 1.165) is 15.7 Å². The predicted molar refractivity (Wildman–Crippen MR) is 95.4 cm³/mol. The second-order valence-electron chi connectivity index (χ2n) is 5.08. The van der Waals surface area contributed by atoms with Crippen molar-refractivity contribution in [3.63, 3.8) is 0 Å². The van der Waals surface area contributed by atoms with E-state index in [1.54, 1.807) is 38.3 Å². The number of carbonyl (C=O) groups is 1. The summed E-state index contributed by atoms with van der Waals surface area (Å²) in [5.41, 5.74) is 1.90. The van der Waals surface area contributed by atoms with E-state index in [9.17, 15) is 4.79 Å². The van der Waals surface area contributed by atoms with Crippen molar-refractivity contribution in [2.24, 2.45) is 0 Å². The number of aryl methyl sites for hydroxylation is 1. The average molecular weight is 378 g/mol. The van der Waals surface area contributed by atoms with E-state index in [1.807, 2.05) is 30.3 Å². The number of amides is 1. The number of methoxy groups -OCH3 is 2. The van der Waals surface area contributed by atoms with Gasteiger partial charge in [-0.3, -0.25) is 4.79 Å². The Hall–Kier alpha value is -2.01. The van der Waals surface area contributed by atoms with Gasteiger partial charge in [-0.25, -0.2) is 0 Å². The smallest absolute Gasteiger partial charge is 0.227 e. The maximum Gasteiger partial charge on any atom is 0.227 e. The molecule has 0 aliphatic heterocycles. The van der Waals surface area contributed by atoms with Crippen LogP contribution in [0, 0.1) is 0 Å². The highest BCUT2D eigenvalue weighted by Gasteiger charge is 2.14. The molecule has 0 saturated carbocycles. The molecule has 0 aromatic heterocycles. The van der Waals surface area contributed by atoms with Gasteiger partial charge >= 0.3 is 0 Å². The van der Waals surface area contributed by atoms with E-state index in [-0.39, 0.29) is 5.91 Å². The number of hydrogen-bond donors (Lipinski definition) is 0. The van der Waals surface area contributed by atoms with Gasteiger partial charge in [0.2, 0.25) is 5.91 Å². The van der Waals surface area contributed by atoms with E-state index in [1.165, 1.54) is 0 Å². The van der Waals surface area contributed by atoms with E-state index >= 15 is 0 Å². The Morgan fingerprint density at radius 2 is 1.78 bits per heavy atom. The Balaban J connectivity index is 2.06. The molecule has 0 heterocycles. The largest absolute Gasteiger partial charge is 0.493 e. The van der Waals surface area contributed by atoms with Crippen molar-refractivity contribution in [3.05, 3.63) is 52.5 Å². The summed E-state index contributed by atoms with van der Waals surface area (Å²) in [6.45, 7) is 0. The third-order valence-electron chi connectivity index (χ3n) is 3.69.